The Balaban J connectivity index is 2.08. The molecule has 0 spiro atoms. The first-order valence-corrected chi connectivity index (χ1v) is 7.61. The van der Waals surface area contributed by atoms with Gasteiger partial charge in [0.1, 0.15) is 5.76 Å². The number of aromatic nitrogens is 1. The van der Waals surface area contributed by atoms with Crippen molar-refractivity contribution in [3.63, 3.8) is 0 Å². The molecule has 1 N–H and O–H groups in total. The van der Waals surface area contributed by atoms with Crippen molar-refractivity contribution < 1.29 is 18.7 Å². The number of fused-ring (bicyclic) bond motifs is 1. The van der Waals surface area contributed by atoms with Gasteiger partial charge >= 0.3 is 0 Å². The van der Waals surface area contributed by atoms with Gasteiger partial charge in [-0.15, -0.1) is 0 Å². The zero-order valence-corrected chi connectivity index (χ0v) is 14.2. The second-order valence-corrected chi connectivity index (χ2v) is 5.47. The molecule has 2 heterocycles. The van der Waals surface area contributed by atoms with E-state index in [1.165, 1.54) is 25.0 Å². The lowest BCUT2D eigenvalue weighted by molar-refractivity contribution is 0.0949. The summed E-state index contributed by atoms with van der Waals surface area (Å²) in [6.07, 6.45) is 3.05. The molecule has 0 fully saturated rings. The number of amides is 1. The predicted octanol–water partition coefficient (Wildman–Crippen LogP) is 2.08. The Morgan fingerprint density at radius 3 is 2.48 bits per heavy atom. The van der Waals surface area contributed by atoms with Crippen LogP contribution in [-0.4, -0.2) is 24.7 Å². The molecule has 0 saturated carbocycles. The smallest absolute Gasteiger partial charge is 0.258 e. The SMILES string of the molecule is COc1cc2c(C(=O)NCc3ccco3)cn(C)c(=O)c2cc1OC. The maximum atomic E-state index is 12.6. The first-order chi connectivity index (χ1) is 12.0. The van der Waals surface area contributed by atoms with Crippen molar-refractivity contribution in [2.75, 3.05) is 14.2 Å². The van der Waals surface area contributed by atoms with Gasteiger partial charge in [0.05, 0.1) is 38.0 Å². The van der Waals surface area contributed by atoms with Crippen molar-refractivity contribution >= 4 is 16.7 Å². The number of hydrogen-bond acceptors (Lipinski definition) is 5. The van der Waals surface area contributed by atoms with Gasteiger partial charge in [0, 0.05) is 18.6 Å². The molecule has 0 saturated heterocycles. The van der Waals surface area contributed by atoms with Crippen molar-refractivity contribution in [2.24, 2.45) is 7.05 Å². The summed E-state index contributed by atoms with van der Waals surface area (Å²) < 4.78 is 17.1. The minimum atomic E-state index is -0.316. The number of hydrogen-bond donors (Lipinski definition) is 1. The molecule has 0 aliphatic carbocycles. The Morgan fingerprint density at radius 2 is 1.88 bits per heavy atom. The van der Waals surface area contributed by atoms with Gasteiger partial charge in [-0.2, -0.15) is 0 Å². The van der Waals surface area contributed by atoms with Gasteiger partial charge < -0.3 is 23.8 Å². The van der Waals surface area contributed by atoms with Crippen LogP contribution in [0.2, 0.25) is 0 Å². The lowest BCUT2D eigenvalue weighted by Crippen LogP contribution is -2.26. The zero-order valence-electron chi connectivity index (χ0n) is 14.2. The highest BCUT2D eigenvalue weighted by molar-refractivity contribution is 6.07. The van der Waals surface area contributed by atoms with Crippen LogP contribution in [0.5, 0.6) is 11.5 Å². The van der Waals surface area contributed by atoms with E-state index in [0.29, 0.717) is 33.6 Å². The van der Waals surface area contributed by atoms with E-state index in [9.17, 15) is 9.59 Å². The first-order valence-electron chi connectivity index (χ1n) is 7.61. The summed E-state index contributed by atoms with van der Waals surface area (Å²) in [5.74, 6) is 1.20. The van der Waals surface area contributed by atoms with Crippen LogP contribution in [0.3, 0.4) is 0 Å². The lowest BCUT2D eigenvalue weighted by atomic mass is 10.1. The average Bonchev–Trinajstić information content (AvgIpc) is 3.15. The molecule has 3 aromatic rings. The Hall–Kier alpha value is -3.22. The molecule has 3 rings (SSSR count). The van der Waals surface area contributed by atoms with Crippen molar-refractivity contribution in [1.82, 2.24) is 9.88 Å². The third-order valence-corrected chi connectivity index (χ3v) is 3.94. The molecule has 2 aromatic heterocycles. The van der Waals surface area contributed by atoms with Gasteiger partial charge in [-0.25, -0.2) is 0 Å². The van der Waals surface area contributed by atoms with E-state index in [0.717, 1.165) is 0 Å². The normalized spacial score (nSPS) is 10.7. The lowest BCUT2D eigenvalue weighted by Gasteiger charge is -2.13. The van der Waals surface area contributed by atoms with Crippen LogP contribution in [-0.2, 0) is 13.6 Å². The van der Waals surface area contributed by atoms with E-state index in [2.05, 4.69) is 5.32 Å². The number of carbonyl (C=O) groups excluding carboxylic acids is 1. The molecule has 25 heavy (non-hydrogen) atoms. The number of pyridine rings is 1. The molecule has 7 heteroatoms. The minimum Gasteiger partial charge on any atom is -0.493 e. The summed E-state index contributed by atoms with van der Waals surface area (Å²) >= 11 is 0. The second kappa shape index (κ2) is 6.72. The van der Waals surface area contributed by atoms with Gasteiger partial charge in [-0.3, -0.25) is 9.59 Å². The van der Waals surface area contributed by atoms with E-state index < -0.39 is 0 Å². The Morgan fingerprint density at radius 1 is 1.20 bits per heavy atom. The summed E-state index contributed by atoms with van der Waals surface area (Å²) in [6, 6.07) is 6.74. The van der Waals surface area contributed by atoms with Gasteiger partial charge in [0.15, 0.2) is 11.5 Å². The molecule has 0 radical (unpaired) electrons. The summed E-state index contributed by atoms with van der Waals surface area (Å²) in [5.41, 5.74) is 0.142. The molecule has 7 nitrogen and oxygen atoms in total. The fourth-order valence-electron chi connectivity index (χ4n) is 2.65. The number of rotatable bonds is 5. The Labute approximate surface area is 143 Å². The van der Waals surface area contributed by atoms with Crippen LogP contribution in [0, 0.1) is 0 Å². The highest BCUT2D eigenvalue weighted by Crippen LogP contribution is 2.32. The molecule has 0 unspecified atom stereocenters. The molecule has 0 aliphatic rings. The van der Waals surface area contributed by atoms with E-state index in [4.69, 9.17) is 13.9 Å². The fourth-order valence-corrected chi connectivity index (χ4v) is 2.65. The monoisotopic (exact) mass is 342 g/mol. The number of furan rings is 1. The number of carbonyl (C=O) groups is 1. The number of nitrogens with one attached hydrogen (secondary N) is 1. The van der Waals surface area contributed by atoms with Crippen LogP contribution in [0.1, 0.15) is 16.1 Å². The number of ether oxygens (including phenoxy) is 2. The minimum absolute atomic E-state index is 0.224. The van der Waals surface area contributed by atoms with Crippen LogP contribution >= 0.6 is 0 Å². The third kappa shape index (κ3) is 3.08. The molecule has 0 atom stereocenters. The van der Waals surface area contributed by atoms with Crippen LogP contribution < -0.4 is 20.3 Å². The molecule has 0 aliphatic heterocycles. The quantitative estimate of drug-likeness (QED) is 0.767. The number of benzene rings is 1. The maximum Gasteiger partial charge on any atom is 0.258 e. The Bertz CT molecular complexity index is 973. The number of methoxy groups -OCH3 is 2. The topological polar surface area (TPSA) is 82.7 Å². The van der Waals surface area contributed by atoms with Crippen molar-refractivity contribution in [2.45, 2.75) is 6.54 Å². The summed E-state index contributed by atoms with van der Waals surface area (Å²) in [4.78, 5) is 25.1. The van der Waals surface area contributed by atoms with Gasteiger partial charge in [0.25, 0.3) is 11.5 Å². The van der Waals surface area contributed by atoms with Gasteiger partial charge in [-0.05, 0) is 24.3 Å². The molecular formula is C18H18N2O5. The van der Waals surface area contributed by atoms with Gasteiger partial charge in [-0.1, -0.05) is 0 Å². The van der Waals surface area contributed by atoms with E-state index in [1.54, 1.807) is 37.6 Å². The van der Waals surface area contributed by atoms with Gasteiger partial charge in [0.2, 0.25) is 0 Å². The van der Waals surface area contributed by atoms with Crippen molar-refractivity contribution in [3.05, 3.63) is 58.4 Å². The second-order valence-electron chi connectivity index (χ2n) is 5.47. The third-order valence-electron chi connectivity index (χ3n) is 3.94. The summed E-state index contributed by atoms with van der Waals surface area (Å²) in [5, 5.41) is 3.66. The van der Waals surface area contributed by atoms with E-state index in [1.807, 2.05) is 0 Å². The highest BCUT2D eigenvalue weighted by Gasteiger charge is 2.17. The Kier molecular flexibility index (Phi) is 4.47. The average molecular weight is 342 g/mol. The number of aryl methyl sites for hydroxylation is 1. The van der Waals surface area contributed by atoms with E-state index >= 15 is 0 Å². The maximum absolute atomic E-state index is 12.6. The predicted molar refractivity (Wildman–Crippen MR) is 92.2 cm³/mol. The number of nitrogens with zero attached hydrogens (tertiary/aromatic N) is 1. The van der Waals surface area contributed by atoms with Crippen LogP contribution in [0.15, 0.2) is 45.9 Å². The fraction of sp³-hybridized carbons (Fsp3) is 0.222. The molecule has 130 valence electrons. The molecule has 1 amide bonds. The summed E-state index contributed by atoms with van der Waals surface area (Å²) in [6.45, 7) is 0.253. The molecule has 0 bridgehead atoms. The molecule has 1 aromatic carbocycles. The largest absolute Gasteiger partial charge is 0.493 e. The van der Waals surface area contributed by atoms with E-state index in [-0.39, 0.29) is 18.0 Å². The van der Waals surface area contributed by atoms with Crippen molar-refractivity contribution in [3.8, 4) is 11.5 Å². The standard InChI is InChI=1S/C18H18N2O5/c1-20-10-14(17(21)19-9-11-5-4-6-25-11)12-7-15(23-2)16(24-3)8-13(12)18(20)22/h4-8,10H,9H2,1-3H3,(H,19,21). The first kappa shape index (κ1) is 16.6. The summed E-state index contributed by atoms with van der Waals surface area (Å²) in [7, 11) is 4.59. The van der Waals surface area contributed by atoms with Crippen LogP contribution in [0.4, 0.5) is 0 Å². The van der Waals surface area contributed by atoms with Crippen molar-refractivity contribution in [1.29, 1.82) is 0 Å². The highest BCUT2D eigenvalue weighted by atomic mass is 16.5. The zero-order chi connectivity index (χ0) is 18.0. The molecular weight excluding hydrogens is 324 g/mol. The van der Waals surface area contributed by atoms with Crippen LogP contribution in [0.25, 0.3) is 10.8 Å².